The van der Waals surface area contributed by atoms with Gasteiger partial charge in [0.1, 0.15) is 0 Å². The van der Waals surface area contributed by atoms with Gasteiger partial charge in [-0.3, -0.25) is 0 Å². The highest BCUT2D eigenvalue weighted by Crippen LogP contribution is 2.39. The minimum atomic E-state index is 0.463. The fourth-order valence-electron chi connectivity index (χ4n) is 3.05. The van der Waals surface area contributed by atoms with E-state index in [1.54, 1.807) is 6.26 Å². The highest BCUT2D eigenvalue weighted by molar-refractivity contribution is 5.09. The van der Waals surface area contributed by atoms with E-state index in [1.165, 1.54) is 37.7 Å². The molecule has 16 heavy (non-hydrogen) atoms. The smallest absolute Gasteiger partial charge is 0.0935 e. The summed E-state index contributed by atoms with van der Waals surface area (Å²) in [4.78, 5) is 0. The monoisotopic (exact) mass is 221 g/mol. The lowest BCUT2D eigenvalue weighted by Crippen LogP contribution is -2.44. The average molecular weight is 221 g/mol. The van der Waals surface area contributed by atoms with Crippen molar-refractivity contribution < 1.29 is 4.42 Å². The van der Waals surface area contributed by atoms with Crippen LogP contribution in [-0.4, -0.2) is 13.1 Å². The number of hydrogen-bond acceptors (Lipinski definition) is 2. The minimum Gasteiger partial charge on any atom is -0.472 e. The van der Waals surface area contributed by atoms with Gasteiger partial charge >= 0.3 is 0 Å². The third-order valence-corrected chi connectivity index (χ3v) is 4.21. The summed E-state index contributed by atoms with van der Waals surface area (Å²) in [6.07, 6.45) is 11.6. The molecule has 1 atom stereocenters. The van der Waals surface area contributed by atoms with E-state index in [1.807, 2.05) is 6.26 Å². The van der Waals surface area contributed by atoms with Crippen LogP contribution in [0.25, 0.3) is 0 Å². The summed E-state index contributed by atoms with van der Waals surface area (Å²) >= 11 is 0. The van der Waals surface area contributed by atoms with Gasteiger partial charge in [-0.05, 0) is 43.4 Å². The van der Waals surface area contributed by atoms with Crippen LogP contribution in [0, 0.1) is 5.41 Å². The number of hydrogen-bond donors (Lipinski definition) is 1. The Bertz CT molecular complexity index is 299. The first-order valence-electron chi connectivity index (χ1n) is 6.43. The molecular weight excluding hydrogens is 198 g/mol. The van der Waals surface area contributed by atoms with E-state index in [0.29, 0.717) is 11.5 Å². The SMILES string of the molecule is CNC(Cc1ccoc1)C1(C)CCCCC1. The standard InChI is InChI=1S/C14H23NO/c1-14(7-4-3-5-8-14)13(15-2)10-12-6-9-16-11-12/h6,9,11,13,15H,3-5,7-8,10H2,1-2H3. The van der Waals surface area contributed by atoms with Crippen molar-refractivity contribution in [2.45, 2.75) is 51.5 Å². The number of nitrogens with one attached hydrogen (secondary N) is 1. The second kappa shape index (κ2) is 5.05. The van der Waals surface area contributed by atoms with Crippen molar-refractivity contribution in [3.63, 3.8) is 0 Å². The topological polar surface area (TPSA) is 25.2 Å². The third-order valence-electron chi connectivity index (χ3n) is 4.21. The molecule has 0 bridgehead atoms. The van der Waals surface area contributed by atoms with Gasteiger partial charge in [0, 0.05) is 6.04 Å². The molecular formula is C14H23NO. The lowest BCUT2D eigenvalue weighted by Gasteiger charge is -2.40. The molecule has 1 aliphatic rings. The molecule has 0 aromatic carbocycles. The Balaban J connectivity index is 2.03. The van der Waals surface area contributed by atoms with Crippen LogP contribution in [0.5, 0.6) is 0 Å². The van der Waals surface area contributed by atoms with Gasteiger partial charge in [0.05, 0.1) is 12.5 Å². The van der Waals surface area contributed by atoms with Gasteiger partial charge < -0.3 is 9.73 Å². The molecule has 1 saturated carbocycles. The Kier molecular flexibility index (Phi) is 3.70. The summed E-state index contributed by atoms with van der Waals surface area (Å²) in [5.41, 5.74) is 1.77. The Hall–Kier alpha value is -0.760. The highest BCUT2D eigenvalue weighted by Gasteiger charge is 2.34. The zero-order valence-electron chi connectivity index (χ0n) is 10.5. The quantitative estimate of drug-likeness (QED) is 0.843. The molecule has 90 valence electrons. The molecule has 2 rings (SSSR count). The molecule has 1 aromatic rings. The van der Waals surface area contributed by atoms with Crippen molar-refractivity contribution in [2.75, 3.05) is 7.05 Å². The Morgan fingerprint density at radius 2 is 2.12 bits per heavy atom. The van der Waals surface area contributed by atoms with E-state index in [-0.39, 0.29) is 0 Å². The van der Waals surface area contributed by atoms with Crippen molar-refractivity contribution in [2.24, 2.45) is 5.41 Å². The maximum Gasteiger partial charge on any atom is 0.0935 e. The molecule has 0 radical (unpaired) electrons. The first kappa shape index (κ1) is 11.7. The molecule has 1 heterocycles. The predicted molar refractivity (Wildman–Crippen MR) is 66.5 cm³/mol. The van der Waals surface area contributed by atoms with Crippen LogP contribution in [0.3, 0.4) is 0 Å². The zero-order valence-corrected chi connectivity index (χ0v) is 10.5. The third kappa shape index (κ3) is 2.49. The molecule has 0 aliphatic heterocycles. The Morgan fingerprint density at radius 1 is 1.38 bits per heavy atom. The lowest BCUT2D eigenvalue weighted by molar-refractivity contribution is 0.149. The maximum absolute atomic E-state index is 5.15. The van der Waals surface area contributed by atoms with E-state index < -0.39 is 0 Å². The predicted octanol–water partition coefficient (Wildman–Crippen LogP) is 3.38. The van der Waals surface area contributed by atoms with Crippen LogP contribution < -0.4 is 5.32 Å². The molecule has 1 aromatic heterocycles. The normalized spacial score (nSPS) is 21.9. The van der Waals surface area contributed by atoms with Crippen molar-refractivity contribution in [3.05, 3.63) is 24.2 Å². The summed E-state index contributed by atoms with van der Waals surface area (Å²) in [6.45, 7) is 2.44. The van der Waals surface area contributed by atoms with Gasteiger partial charge in [0.2, 0.25) is 0 Å². The van der Waals surface area contributed by atoms with Crippen LogP contribution in [0.1, 0.15) is 44.6 Å². The Morgan fingerprint density at radius 3 is 2.69 bits per heavy atom. The first-order valence-corrected chi connectivity index (χ1v) is 6.43. The van der Waals surface area contributed by atoms with Gasteiger partial charge in [-0.25, -0.2) is 0 Å². The largest absolute Gasteiger partial charge is 0.472 e. The van der Waals surface area contributed by atoms with E-state index in [4.69, 9.17) is 4.42 Å². The molecule has 2 heteroatoms. The molecule has 1 unspecified atom stereocenters. The van der Waals surface area contributed by atoms with E-state index >= 15 is 0 Å². The summed E-state index contributed by atoms with van der Waals surface area (Å²) in [6, 6.07) is 2.65. The van der Waals surface area contributed by atoms with E-state index in [9.17, 15) is 0 Å². The molecule has 2 nitrogen and oxygen atoms in total. The number of rotatable bonds is 4. The fourth-order valence-corrected chi connectivity index (χ4v) is 3.05. The van der Waals surface area contributed by atoms with Crippen LogP contribution in [0.15, 0.2) is 23.0 Å². The van der Waals surface area contributed by atoms with Crippen LogP contribution >= 0.6 is 0 Å². The highest BCUT2D eigenvalue weighted by atomic mass is 16.3. The molecule has 0 saturated heterocycles. The van der Waals surface area contributed by atoms with Gasteiger partial charge in [0.25, 0.3) is 0 Å². The van der Waals surface area contributed by atoms with Crippen LogP contribution in [0.2, 0.25) is 0 Å². The van der Waals surface area contributed by atoms with Crippen LogP contribution in [-0.2, 0) is 6.42 Å². The molecule has 0 spiro atoms. The summed E-state index contributed by atoms with van der Waals surface area (Å²) in [5.74, 6) is 0. The van der Waals surface area contributed by atoms with E-state index in [2.05, 4.69) is 25.4 Å². The van der Waals surface area contributed by atoms with Crippen LogP contribution in [0.4, 0.5) is 0 Å². The zero-order chi connectivity index (χ0) is 11.4. The van der Waals surface area contributed by atoms with Crippen molar-refractivity contribution in [1.29, 1.82) is 0 Å². The lowest BCUT2D eigenvalue weighted by atomic mass is 9.69. The second-order valence-corrected chi connectivity index (χ2v) is 5.39. The molecule has 1 aliphatic carbocycles. The van der Waals surface area contributed by atoms with E-state index in [0.717, 1.165) is 6.42 Å². The number of likely N-dealkylation sites (N-methyl/N-ethyl adjacent to an activating group) is 1. The van der Waals surface area contributed by atoms with Crippen molar-refractivity contribution in [3.8, 4) is 0 Å². The minimum absolute atomic E-state index is 0.463. The van der Waals surface area contributed by atoms with Crippen molar-refractivity contribution in [1.82, 2.24) is 5.32 Å². The average Bonchev–Trinajstić information content (AvgIpc) is 2.79. The molecule has 1 fully saturated rings. The molecule has 1 N–H and O–H groups in total. The Labute approximate surface area is 98.4 Å². The van der Waals surface area contributed by atoms with Gasteiger partial charge in [-0.1, -0.05) is 26.2 Å². The van der Waals surface area contributed by atoms with Gasteiger partial charge in [-0.2, -0.15) is 0 Å². The first-order chi connectivity index (χ1) is 7.74. The fraction of sp³-hybridized carbons (Fsp3) is 0.714. The number of furan rings is 1. The van der Waals surface area contributed by atoms with Gasteiger partial charge in [-0.15, -0.1) is 0 Å². The van der Waals surface area contributed by atoms with Gasteiger partial charge in [0.15, 0.2) is 0 Å². The summed E-state index contributed by atoms with van der Waals surface area (Å²) < 4.78 is 5.15. The second-order valence-electron chi connectivity index (χ2n) is 5.39. The van der Waals surface area contributed by atoms with Crippen molar-refractivity contribution >= 4 is 0 Å². The molecule has 0 amide bonds. The summed E-state index contributed by atoms with van der Waals surface area (Å²) in [5, 5.41) is 3.51. The summed E-state index contributed by atoms with van der Waals surface area (Å²) in [7, 11) is 2.09. The maximum atomic E-state index is 5.15.